The van der Waals surface area contributed by atoms with Crippen LogP contribution in [0.3, 0.4) is 0 Å². The number of rotatable bonds is 7. The number of hydrogen-bond acceptors (Lipinski definition) is 4. The Kier molecular flexibility index (Phi) is 6.69. The zero-order chi connectivity index (χ0) is 20.8. The number of halogens is 1. The molecule has 0 unspecified atom stereocenters. The molecule has 0 spiro atoms. The van der Waals surface area contributed by atoms with Crippen molar-refractivity contribution < 1.29 is 18.7 Å². The molecule has 0 aliphatic carbocycles. The predicted molar refractivity (Wildman–Crippen MR) is 112 cm³/mol. The molecule has 2 aliphatic heterocycles. The average Bonchev–Trinajstić information content (AvgIpc) is 3.23. The van der Waals surface area contributed by atoms with E-state index < -0.39 is 0 Å². The zero-order valence-electron chi connectivity index (χ0n) is 17.0. The summed E-state index contributed by atoms with van der Waals surface area (Å²) in [4.78, 5) is 14.4. The first-order valence-corrected chi connectivity index (χ1v) is 10.5. The van der Waals surface area contributed by atoms with Crippen LogP contribution in [0.15, 0.2) is 42.5 Å². The molecule has 0 bridgehead atoms. The first-order chi connectivity index (χ1) is 14.7. The molecule has 6 nitrogen and oxygen atoms in total. The van der Waals surface area contributed by atoms with Crippen LogP contribution in [0.5, 0.6) is 11.5 Å². The lowest BCUT2D eigenvalue weighted by Gasteiger charge is -2.32. The third-order valence-electron chi connectivity index (χ3n) is 5.75. The van der Waals surface area contributed by atoms with Crippen LogP contribution in [0.4, 0.5) is 9.18 Å². The van der Waals surface area contributed by atoms with Crippen LogP contribution in [0.25, 0.3) is 0 Å². The highest BCUT2D eigenvalue weighted by atomic mass is 19.1. The highest BCUT2D eigenvalue weighted by molar-refractivity contribution is 5.73. The molecule has 2 heterocycles. The van der Waals surface area contributed by atoms with Gasteiger partial charge in [-0.2, -0.15) is 0 Å². The lowest BCUT2D eigenvalue weighted by molar-refractivity contribution is 0.173. The normalized spacial score (nSPS) is 16.4. The summed E-state index contributed by atoms with van der Waals surface area (Å²) in [6, 6.07) is 12.7. The zero-order valence-corrected chi connectivity index (χ0v) is 17.0. The maximum Gasteiger partial charge on any atom is 0.314 e. The minimum atomic E-state index is -0.140. The van der Waals surface area contributed by atoms with E-state index in [0.29, 0.717) is 25.6 Å². The summed E-state index contributed by atoms with van der Waals surface area (Å²) in [6.45, 7) is 3.99. The average molecular weight is 413 g/mol. The second-order valence-electron chi connectivity index (χ2n) is 7.89. The second-order valence-corrected chi connectivity index (χ2v) is 7.89. The Balaban J connectivity index is 1.11. The van der Waals surface area contributed by atoms with E-state index in [1.165, 1.54) is 6.07 Å². The SMILES string of the molecule is O=C(NCCc1ccc2c(c1)OCO2)NCC1CCN(Cc2ccccc2F)CC1. The fourth-order valence-corrected chi connectivity index (χ4v) is 3.93. The van der Waals surface area contributed by atoms with E-state index in [4.69, 9.17) is 9.47 Å². The van der Waals surface area contributed by atoms with E-state index in [2.05, 4.69) is 15.5 Å². The molecule has 2 amide bonds. The van der Waals surface area contributed by atoms with Gasteiger partial charge in [-0.3, -0.25) is 4.90 Å². The Morgan fingerprint density at radius 1 is 1.07 bits per heavy atom. The molecule has 160 valence electrons. The Morgan fingerprint density at radius 2 is 1.87 bits per heavy atom. The Bertz CT molecular complexity index is 869. The van der Waals surface area contributed by atoms with Crippen LogP contribution in [0, 0.1) is 11.7 Å². The second kappa shape index (κ2) is 9.80. The van der Waals surface area contributed by atoms with Crippen LogP contribution in [0.2, 0.25) is 0 Å². The molecule has 2 aliphatic rings. The minimum absolute atomic E-state index is 0.135. The Labute approximate surface area is 176 Å². The number of ether oxygens (including phenoxy) is 2. The van der Waals surface area contributed by atoms with Crippen molar-refractivity contribution in [1.82, 2.24) is 15.5 Å². The van der Waals surface area contributed by atoms with E-state index >= 15 is 0 Å². The molecule has 2 aromatic carbocycles. The van der Waals surface area contributed by atoms with Gasteiger partial charge in [0.1, 0.15) is 5.82 Å². The van der Waals surface area contributed by atoms with Crippen molar-refractivity contribution in [3.8, 4) is 11.5 Å². The summed E-state index contributed by atoms with van der Waals surface area (Å²) in [6.07, 6.45) is 2.75. The maximum absolute atomic E-state index is 13.8. The molecular formula is C23H28FN3O3. The van der Waals surface area contributed by atoms with Gasteiger partial charge in [-0.25, -0.2) is 9.18 Å². The quantitative estimate of drug-likeness (QED) is 0.731. The third kappa shape index (κ3) is 5.42. The van der Waals surface area contributed by atoms with Crippen LogP contribution in [-0.4, -0.2) is 43.9 Å². The number of benzene rings is 2. The number of piperidine rings is 1. The van der Waals surface area contributed by atoms with Gasteiger partial charge in [0, 0.05) is 25.2 Å². The molecule has 0 radical (unpaired) electrons. The third-order valence-corrected chi connectivity index (χ3v) is 5.75. The summed E-state index contributed by atoms with van der Waals surface area (Å²) in [5.74, 6) is 1.85. The Morgan fingerprint density at radius 3 is 2.70 bits per heavy atom. The minimum Gasteiger partial charge on any atom is -0.454 e. The first-order valence-electron chi connectivity index (χ1n) is 10.5. The maximum atomic E-state index is 13.8. The van der Waals surface area contributed by atoms with E-state index in [0.717, 1.165) is 55.0 Å². The fraction of sp³-hybridized carbons (Fsp3) is 0.435. The number of amides is 2. The van der Waals surface area contributed by atoms with Gasteiger partial charge in [0.25, 0.3) is 0 Å². The lowest BCUT2D eigenvalue weighted by Crippen LogP contribution is -2.42. The van der Waals surface area contributed by atoms with Gasteiger partial charge in [-0.1, -0.05) is 24.3 Å². The smallest absolute Gasteiger partial charge is 0.314 e. The largest absolute Gasteiger partial charge is 0.454 e. The number of nitrogens with zero attached hydrogens (tertiary/aromatic N) is 1. The molecule has 0 saturated carbocycles. The van der Waals surface area contributed by atoms with Crippen molar-refractivity contribution in [2.24, 2.45) is 5.92 Å². The van der Waals surface area contributed by atoms with E-state index in [1.54, 1.807) is 6.07 Å². The first kappa shape index (κ1) is 20.5. The molecular weight excluding hydrogens is 385 g/mol. The molecule has 30 heavy (non-hydrogen) atoms. The number of urea groups is 1. The topological polar surface area (TPSA) is 62.8 Å². The van der Waals surface area contributed by atoms with Crippen molar-refractivity contribution in [2.45, 2.75) is 25.8 Å². The summed E-state index contributed by atoms with van der Waals surface area (Å²) in [5, 5.41) is 5.89. The summed E-state index contributed by atoms with van der Waals surface area (Å²) >= 11 is 0. The van der Waals surface area contributed by atoms with Gasteiger partial charge in [-0.05, 0) is 62.0 Å². The van der Waals surface area contributed by atoms with Crippen molar-refractivity contribution in [3.63, 3.8) is 0 Å². The number of carbonyl (C=O) groups excluding carboxylic acids is 1. The standard InChI is InChI=1S/C23H28FN3O3/c24-20-4-2-1-3-19(20)15-27-11-8-18(9-12-27)14-26-23(28)25-10-7-17-5-6-21-22(13-17)30-16-29-21/h1-6,13,18H,7-12,14-16H2,(H2,25,26,28). The summed E-state index contributed by atoms with van der Waals surface area (Å²) in [7, 11) is 0. The molecule has 2 aromatic rings. The van der Waals surface area contributed by atoms with Crippen molar-refractivity contribution in [3.05, 3.63) is 59.4 Å². The lowest BCUT2D eigenvalue weighted by atomic mass is 9.96. The number of carbonyl (C=O) groups is 1. The summed E-state index contributed by atoms with van der Waals surface area (Å²) in [5.41, 5.74) is 1.85. The number of nitrogens with one attached hydrogen (secondary N) is 2. The fourth-order valence-electron chi connectivity index (χ4n) is 3.93. The van der Waals surface area contributed by atoms with Crippen LogP contribution in [-0.2, 0) is 13.0 Å². The van der Waals surface area contributed by atoms with Gasteiger partial charge in [-0.15, -0.1) is 0 Å². The van der Waals surface area contributed by atoms with Crippen molar-refractivity contribution in [1.29, 1.82) is 0 Å². The number of likely N-dealkylation sites (tertiary alicyclic amines) is 1. The van der Waals surface area contributed by atoms with Crippen LogP contribution in [0.1, 0.15) is 24.0 Å². The highest BCUT2D eigenvalue weighted by Gasteiger charge is 2.20. The van der Waals surface area contributed by atoms with E-state index in [-0.39, 0.29) is 18.6 Å². The van der Waals surface area contributed by atoms with Gasteiger partial charge >= 0.3 is 6.03 Å². The highest BCUT2D eigenvalue weighted by Crippen LogP contribution is 2.32. The molecule has 0 atom stereocenters. The van der Waals surface area contributed by atoms with Crippen LogP contribution < -0.4 is 20.1 Å². The number of fused-ring (bicyclic) bond motifs is 1. The van der Waals surface area contributed by atoms with E-state index in [1.807, 2.05) is 30.3 Å². The molecule has 2 N–H and O–H groups in total. The number of hydrogen-bond donors (Lipinski definition) is 2. The molecule has 0 aromatic heterocycles. The van der Waals surface area contributed by atoms with Crippen LogP contribution >= 0.6 is 0 Å². The molecule has 1 saturated heterocycles. The molecule has 1 fully saturated rings. The van der Waals surface area contributed by atoms with Crippen molar-refractivity contribution in [2.75, 3.05) is 33.0 Å². The monoisotopic (exact) mass is 413 g/mol. The van der Waals surface area contributed by atoms with Gasteiger partial charge in [0.2, 0.25) is 6.79 Å². The Hall–Kier alpha value is -2.80. The molecule has 7 heteroatoms. The predicted octanol–water partition coefficient (Wildman–Crippen LogP) is 3.31. The summed E-state index contributed by atoms with van der Waals surface area (Å²) < 4.78 is 24.5. The van der Waals surface area contributed by atoms with Gasteiger partial charge < -0.3 is 20.1 Å². The van der Waals surface area contributed by atoms with Gasteiger partial charge in [0.15, 0.2) is 11.5 Å². The molecule has 4 rings (SSSR count). The van der Waals surface area contributed by atoms with Gasteiger partial charge in [0.05, 0.1) is 0 Å². The van der Waals surface area contributed by atoms with Crippen molar-refractivity contribution >= 4 is 6.03 Å². The van der Waals surface area contributed by atoms with E-state index in [9.17, 15) is 9.18 Å².